The van der Waals surface area contributed by atoms with E-state index in [1.165, 1.54) is 81.8 Å². The number of aryl methyl sites for hydroxylation is 1. The summed E-state index contributed by atoms with van der Waals surface area (Å²) in [4.78, 5) is 0. The van der Waals surface area contributed by atoms with E-state index in [1.807, 2.05) is 0 Å². The first-order valence-electron chi connectivity index (χ1n) is 9.39. The maximum Gasteiger partial charge on any atom is 0.0793 e. The average Bonchev–Trinajstić information content (AvgIpc) is 2.56. The fraction of sp³-hybridized carbons (Fsp3) is 0.714. The molecule has 0 fully saturated rings. The van der Waals surface area contributed by atoms with Gasteiger partial charge in [-0.05, 0) is 30.9 Å². The third kappa shape index (κ3) is 8.58. The predicted molar refractivity (Wildman–Crippen MR) is 97.4 cm³/mol. The van der Waals surface area contributed by atoms with E-state index < -0.39 is 0 Å². The van der Waals surface area contributed by atoms with Gasteiger partial charge in [0.05, 0.1) is 6.10 Å². The number of ether oxygens (including phenoxy) is 1. The number of methoxy groups -OCH3 is 1. The molecule has 1 atom stereocenters. The molecule has 0 N–H and O–H groups in total. The van der Waals surface area contributed by atoms with Crippen molar-refractivity contribution in [3.63, 3.8) is 0 Å². The Kier molecular flexibility index (Phi) is 11.1. The Labute approximate surface area is 138 Å². The third-order valence-electron chi connectivity index (χ3n) is 4.62. The maximum absolute atomic E-state index is 5.34. The number of rotatable bonds is 13. The highest BCUT2D eigenvalue weighted by Crippen LogP contribution is 2.17. The number of hydrogen-bond donors (Lipinski definition) is 0. The Bertz CT molecular complexity index is 355. The smallest absolute Gasteiger partial charge is 0.0793 e. The molecule has 22 heavy (non-hydrogen) atoms. The standard InChI is InChI=1S/C21H36O/c1-4-5-6-7-8-9-10-11-12-13-14-20-15-17-21(18-16-20)19(2)22-3/h15-19H,4-14H2,1-3H3. The monoisotopic (exact) mass is 304 g/mol. The van der Waals surface area contributed by atoms with Crippen LogP contribution in [0.5, 0.6) is 0 Å². The van der Waals surface area contributed by atoms with E-state index in [1.54, 1.807) is 7.11 Å². The second kappa shape index (κ2) is 12.7. The van der Waals surface area contributed by atoms with E-state index in [9.17, 15) is 0 Å². The zero-order chi connectivity index (χ0) is 16.0. The van der Waals surface area contributed by atoms with E-state index in [2.05, 4.69) is 38.1 Å². The molecule has 1 aromatic rings. The molecule has 0 saturated carbocycles. The Morgan fingerprint density at radius 2 is 1.27 bits per heavy atom. The van der Waals surface area contributed by atoms with Crippen molar-refractivity contribution >= 4 is 0 Å². The molecule has 126 valence electrons. The molecular formula is C21H36O. The van der Waals surface area contributed by atoms with Gasteiger partial charge in [-0.1, -0.05) is 89.0 Å². The van der Waals surface area contributed by atoms with Gasteiger partial charge >= 0.3 is 0 Å². The lowest BCUT2D eigenvalue weighted by Gasteiger charge is -2.10. The molecule has 1 aromatic carbocycles. The van der Waals surface area contributed by atoms with E-state index in [0.29, 0.717) is 0 Å². The largest absolute Gasteiger partial charge is 0.377 e. The van der Waals surface area contributed by atoms with Crippen LogP contribution < -0.4 is 0 Å². The van der Waals surface area contributed by atoms with Crippen molar-refractivity contribution in [2.45, 2.75) is 90.6 Å². The lowest BCUT2D eigenvalue weighted by molar-refractivity contribution is 0.119. The highest BCUT2D eigenvalue weighted by molar-refractivity contribution is 5.24. The van der Waals surface area contributed by atoms with Gasteiger partial charge in [0.2, 0.25) is 0 Å². The normalized spacial score (nSPS) is 12.5. The van der Waals surface area contributed by atoms with Crippen LogP contribution in [-0.2, 0) is 11.2 Å². The van der Waals surface area contributed by atoms with E-state index in [0.717, 1.165) is 0 Å². The number of unbranched alkanes of at least 4 members (excludes halogenated alkanes) is 9. The van der Waals surface area contributed by atoms with Crippen LogP contribution in [0.4, 0.5) is 0 Å². The maximum atomic E-state index is 5.34. The SMILES string of the molecule is CCCCCCCCCCCCc1ccc(C(C)OC)cc1. The van der Waals surface area contributed by atoms with Crippen LogP contribution in [0.3, 0.4) is 0 Å². The van der Waals surface area contributed by atoms with Crippen LogP contribution in [0.15, 0.2) is 24.3 Å². The summed E-state index contributed by atoms with van der Waals surface area (Å²) in [6.45, 7) is 4.38. The van der Waals surface area contributed by atoms with Crippen LogP contribution in [0.25, 0.3) is 0 Å². The van der Waals surface area contributed by atoms with Crippen molar-refractivity contribution in [1.82, 2.24) is 0 Å². The summed E-state index contributed by atoms with van der Waals surface area (Å²) < 4.78 is 5.34. The minimum absolute atomic E-state index is 0.200. The van der Waals surface area contributed by atoms with Crippen LogP contribution in [0.1, 0.15) is 95.3 Å². The lowest BCUT2D eigenvalue weighted by atomic mass is 10.0. The Morgan fingerprint density at radius 1 is 0.773 bits per heavy atom. The fourth-order valence-electron chi connectivity index (χ4n) is 2.91. The summed E-state index contributed by atoms with van der Waals surface area (Å²) >= 11 is 0. The van der Waals surface area contributed by atoms with Crippen LogP contribution in [-0.4, -0.2) is 7.11 Å². The molecule has 0 heterocycles. The van der Waals surface area contributed by atoms with Crippen molar-refractivity contribution in [3.8, 4) is 0 Å². The molecule has 1 heteroatoms. The summed E-state index contributed by atoms with van der Waals surface area (Å²) in [5, 5.41) is 0. The molecule has 0 radical (unpaired) electrons. The summed E-state index contributed by atoms with van der Waals surface area (Å²) in [5.41, 5.74) is 2.74. The van der Waals surface area contributed by atoms with Gasteiger partial charge in [0, 0.05) is 7.11 Å². The molecule has 0 aromatic heterocycles. The van der Waals surface area contributed by atoms with Crippen LogP contribution >= 0.6 is 0 Å². The zero-order valence-corrected chi connectivity index (χ0v) is 15.1. The second-order valence-electron chi connectivity index (χ2n) is 6.55. The minimum Gasteiger partial charge on any atom is -0.377 e. The van der Waals surface area contributed by atoms with Gasteiger partial charge in [-0.3, -0.25) is 0 Å². The van der Waals surface area contributed by atoms with Gasteiger partial charge in [-0.15, -0.1) is 0 Å². The second-order valence-corrected chi connectivity index (χ2v) is 6.55. The first kappa shape index (κ1) is 19.2. The van der Waals surface area contributed by atoms with Gasteiger partial charge in [0.1, 0.15) is 0 Å². The molecule has 0 aliphatic heterocycles. The Morgan fingerprint density at radius 3 is 1.77 bits per heavy atom. The number of hydrogen-bond acceptors (Lipinski definition) is 1. The summed E-state index contributed by atoms with van der Waals surface area (Å²) in [5.74, 6) is 0. The molecule has 0 bridgehead atoms. The highest BCUT2D eigenvalue weighted by Gasteiger charge is 2.02. The predicted octanol–water partition coefficient (Wildman–Crippen LogP) is 6.86. The van der Waals surface area contributed by atoms with E-state index in [-0.39, 0.29) is 6.10 Å². The van der Waals surface area contributed by atoms with Gasteiger partial charge in [-0.2, -0.15) is 0 Å². The van der Waals surface area contributed by atoms with Crippen molar-refractivity contribution in [2.24, 2.45) is 0 Å². The van der Waals surface area contributed by atoms with Crippen molar-refractivity contribution in [1.29, 1.82) is 0 Å². The Hall–Kier alpha value is -0.820. The van der Waals surface area contributed by atoms with Gasteiger partial charge < -0.3 is 4.74 Å². The van der Waals surface area contributed by atoms with Crippen LogP contribution in [0.2, 0.25) is 0 Å². The van der Waals surface area contributed by atoms with Gasteiger partial charge in [0.25, 0.3) is 0 Å². The average molecular weight is 305 g/mol. The van der Waals surface area contributed by atoms with E-state index >= 15 is 0 Å². The lowest BCUT2D eigenvalue weighted by Crippen LogP contribution is -1.96. The summed E-state index contributed by atoms with van der Waals surface area (Å²) in [6.07, 6.45) is 15.5. The third-order valence-corrected chi connectivity index (χ3v) is 4.62. The first-order valence-corrected chi connectivity index (χ1v) is 9.39. The quantitative estimate of drug-likeness (QED) is 0.362. The molecule has 1 nitrogen and oxygen atoms in total. The van der Waals surface area contributed by atoms with Crippen molar-refractivity contribution in [3.05, 3.63) is 35.4 Å². The van der Waals surface area contributed by atoms with E-state index in [4.69, 9.17) is 4.74 Å². The molecule has 1 unspecified atom stereocenters. The summed E-state index contributed by atoms with van der Waals surface area (Å²) in [7, 11) is 1.77. The molecular weight excluding hydrogens is 268 g/mol. The Balaban J connectivity index is 2.00. The zero-order valence-electron chi connectivity index (χ0n) is 15.1. The number of benzene rings is 1. The van der Waals surface area contributed by atoms with Crippen molar-refractivity contribution < 1.29 is 4.74 Å². The van der Waals surface area contributed by atoms with Crippen LogP contribution in [0, 0.1) is 0 Å². The van der Waals surface area contributed by atoms with Crippen molar-refractivity contribution in [2.75, 3.05) is 7.11 Å². The molecule has 0 aliphatic carbocycles. The molecule has 0 saturated heterocycles. The molecule has 1 rings (SSSR count). The molecule has 0 spiro atoms. The molecule has 0 aliphatic rings. The minimum atomic E-state index is 0.200. The molecule has 0 amide bonds. The first-order chi connectivity index (χ1) is 10.8. The summed E-state index contributed by atoms with van der Waals surface area (Å²) in [6, 6.07) is 8.94. The topological polar surface area (TPSA) is 9.23 Å². The highest BCUT2D eigenvalue weighted by atomic mass is 16.5. The van der Waals surface area contributed by atoms with Gasteiger partial charge in [0.15, 0.2) is 0 Å². The van der Waals surface area contributed by atoms with Gasteiger partial charge in [-0.25, -0.2) is 0 Å². The fourth-order valence-corrected chi connectivity index (χ4v) is 2.91.